The normalized spacial score (nSPS) is 26.1. The predicted molar refractivity (Wildman–Crippen MR) is 146 cm³/mol. The van der Waals surface area contributed by atoms with Crippen molar-refractivity contribution in [3.05, 3.63) is 76.9 Å². The first-order chi connectivity index (χ1) is 19.6. The maximum Gasteiger partial charge on any atom is 0.338 e. The first kappa shape index (κ1) is 28.7. The molecule has 0 saturated carbocycles. The van der Waals surface area contributed by atoms with Gasteiger partial charge in [0.1, 0.15) is 0 Å². The van der Waals surface area contributed by atoms with Crippen LogP contribution in [0.25, 0.3) is 5.70 Å². The van der Waals surface area contributed by atoms with Crippen LogP contribution < -0.4 is 10.6 Å². The van der Waals surface area contributed by atoms with Crippen LogP contribution in [-0.2, 0) is 15.1 Å². The number of methoxy groups -OCH3 is 1. The van der Waals surface area contributed by atoms with Gasteiger partial charge in [-0.3, -0.25) is 4.90 Å². The number of ether oxygens (including phenoxy) is 1. The van der Waals surface area contributed by atoms with Gasteiger partial charge in [0.15, 0.2) is 11.6 Å². The van der Waals surface area contributed by atoms with Crippen LogP contribution in [0.2, 0.25) is 0 Å². The number of hydrogen-bond acceptors (Lipinski definition) is 6. The second kappa shape index (κ2) is 11.6. The molecular formula is C30H34F2N4O5. The summed E-state index contributed by atoms with van der Waals surface area (Å²) in [4.78, 5) is 42.0. The SMILES string of the molecule is COC(=O)C1=C(c2ccc(F)c(F)c2)N(C(=O)NCCCN2C3CCC2CC(O)(c2ccccc2)C3)C(=O)NC1C. The van der Waals surface area contributed by atoms with E-state index in [0.29, 0.717) is 25.8 Å². The fourth-order valence-electron chi connectivity index (χ4n) is 6.46. The van der Waals surface area contributed by atoms with Gasteiger partial charge < -0.3 is 20.5 Å². The van der Waals surface area contributed by atoms with E-state index < -0.39 is 41.3 Å². The Kier molecular flexibility index (Phi) is 8.10. The molecule has 5 rings (SSSR count). The van der Waals surface area contributed by atoms with Crippen molar-refractivity contribution in [2.45, 2.75) is 62.8 Å². The lowest BCUT2D eigenvalue weighted by molar-refractivity contribution is -0.136. The van der Waals surface area contributed by atoms with Crippen LogP contribution in [0.5, 0.6) is 0 Å². The van der Waals surface area contributed by atoms with Crippen LogP contribution in [0.3, 0.4) is 0 Å². The Bertz CT molecular complexity index is 1350. The highest BCUT2D eigenvalue weighted by atomic mass is 19.2. The second-order valence-electron chi connectivity index (χ2n) is 10.9. The van der Waals surface area contributed by atoms with E-state index in [1.54, 1.807) is 0 Å². The van der Waals surface area contributed by atoms with Gasteiger partial charge in [0, 0.05) is 30.7 Å². The Labute approximate surface area is 237 Å². The lowest BCUT2D eigenvalue weighted by Crippen LogP contribution is -2.55. The van der Waals surface area contributed by atoms with Crippen LogP contribution in [0.4, 0.5) is 18.4 Å². The van der Waals surface area contributed by atoms with Crippen molar-refractivity contribution in [1.82, 2.24) is 20.4 Å². The number of esters is 1. The molecule has 3 aliphatic rings. The number of urea groups is 2. The molecule has 0 aliphatic carbocycles. The van der Waals surface area contributed by atoms with Gasteiger partial charge in [0.25, 0.3) is 0 Å². The third kappa shape index (κ3) is 5.56. The van der Waals surface area contributed by atoms with Crippen molar-refractivity contribution >= 4 is 23.7 Å². The number of piperidine rings is 1. The zero-order valence-electron chi connectivity index (χ0n) is 23.0. The Balaban J connectivity index is 1.27. The summed E-state index contributed by atoms with van der Waals surface area (Å²) in [5.74, 6) is -3.10. The van der Waals surface area contributed by atoms with E-state index in [4.69, 9.17) is 4.74 Å². The van der Waals surface area contributed by atoms with E-state index in [1.165, 1.54) is 13.0 Å². The molecule has 3 atom stereocenters. The molecule has 3 heterocycles. The number of halogens is 2. The van der Waals surface area contributed by atoms with E-state index in [9.17, 15) is 28.3 Å². The number of nitrogens with zero attached hydrogens (tertiary/aromatic N) is 2. The van der Waals surface area contributed by atoms with E-state index in [-0.39, 0.29) is 35.5 Å². The van der Waals surface area contributed by atoms with E-state index in [1.807, 2.05) is 30.3 Å². The molecule has 3 N–H and O–H groups in total. The summed E-state index contributed by atoms with van der Waals surface area (Å²) < 4.78 is 32.7. The number of nitrogens with one attached hydrogen (secondary N) is 2. The summed E-state index contributed by atoms with van der Waals surface area (Å²) in [6, 6.07) is 10.7. The molecule has 41 heavy (non-hydrogen) atoms. The van der Waals surface area contributed by atoms with Gasteiger partial charge in [-0.15, -0.1) is 0 Å². The monoisotopic (exact) mass is 568 g/mol. The molecule has 0 radical (unpaired) electrons. The average molecular weight is 569 g/mol. The highest BCUT2D eigenvalue weighted by molar-refractivity contribution is 6.11. The smallest absolute Gasteiger partial charge is 0.338 e. The minimum atomic E-state index is -1.19. The fourth-order valence-corrected chi connectivity index (χ4v) is 6.46. The van der Waals surface area contributed by atoms with Crippen LogP contribution in [0, 0.1) is 11.6 Å². The van der Waals surface area contributed by atoms with Crippen molar-refractivity contribution in [2.24, 2.45) is 0 Å². The Morgan fingerprint density at radius 1 is 1.10 bits per heavy atom. The van der Waals surface area contributed by atoms with E-state index >= 15 is 0 Å². The molecule has 11 heteroatoms. The van der Waals surface area contributed by atoms with Gasteiger partial charge in [0.2, 0.25) is 0 Å². The summed E-state index contributed by atoms with van der Waals surface area (Å²) in [6.45, 7) is 2.46. The molecule has 2 fully saturated rings. The highest BCUT2D eigenvalue weighted by Gasteiger charge is 2.48. The first-order valence-electron chi connectivity index (χ1n) is 13.8. The summed E-state index contributed by atoms with van der Waals surface area (Å²) >= 11 is 0. The largest absolute Gasteiger partial charge is 0.466 e. The number of aliphatic hydroxyl groups is 1. The quantitative estimate of drug-likeness (QED) is 0.346. The molecule has 0 aromatic heterocycles. The van der Waals surface area contributed by atoms with Crippen molar-refractivity contribution in [3.8, 4) is 0 Å². The van der Waals surface area contributed by atoms with Crippen LogP contribution in [0.15, 0.2) is 54.1 Å². The Morgan fingerprint density at radius 2 is 1.78 bits per heavy atom. The number of imide groups is 1. The molecular weight excluding hydrogens is 534 g/mol. The topological polar surface area (TPSA) is 111 Å². The Hall–Kier alpha value is -3.83. The van der Waals surface area contributed by atoms with Crippen LogP contribution in [-0.4, -0.2) is 71.3 Å². The van der Waals surface area contributed by atoms with Gasteiger partial charge in [-0.1, -0.05) is 30.3 Å². The van der Waals surface area contributed by atoms with Crippen molar-refractivity contribution in [3.63, 3.8) is 0 Å². The standard InChI is InChI=1S/C30H34F2N4O5/c1-18-25(27(37)41-2)26(19-9-12-23(31)24(32)15-19)36(29(39)34-18)28(38)33-13-6-14-35-21-10-11-22(35)17-30(40,16-21)20-7-4-3-5-8-20/h3-5,7-9,12,15,18,21-22,40H,6,10-11,13-14,16-17H2,1-2H3,(H,33,38)(H,34,39). The van der Waals surface area contributed by atoms with Gasteiger partial charge in [-0.25, -0.2) is 28.1 Å². The van der Waals surface area contributed by atoms with Gasteiger partial charge in [-0.2, -0.15) is 0 Å². The van der Waals surface area contributed by atoms with E-state index in [0.717, 1.165) is 42.5 Å². The number of amides is 4. The van der Waals surface area contributed by atoms with Gasteiger partial charge in [0.05, 0.1) is 30.0 Å². The maximum absolute atomic E-state index is 14.2. The Morgan fingerprint density at radius 3 is 2.41 bits per heavy atom. The lowest BCUT2D eigenvalue weighted by atomic mass is 9.80. The molecule has 2 aromatic rings. The molecule has 3 aliphatic heterocycles. The fraction of sp³-hybridized carbons (Fsp3) is 0.433. The molecule has 218 valence electrons. The minimum Gasteiger partial charge on any atom is -0.466 e. The van der Waals surface area contributed by atoms with Crippen molar-refractivity contribution < 1.29 is 33.0 Å². The summed E-state index contributed by atoms with van der Waals surface area (Å²) in [5, 5.41) is 16.7. The molecule has 3 unspecified atom stereocenters. The molecule has 0 spiro atoms. The third-order valence-corrected chi connectivity index (χ3v) is 8.35. The van der Waals surface area contributed by atoms with E-state index in [2.05, 4.69) is 15.5 Å². The minimum absolute atomic E-state index is 0.0167. The zero-order valence-corrected chi connectivity index (χ0v) is 23.0. The number of carbonyl (C=O) groups excluding carboxylic acids is 3. The molecule has 9 nitrogen and oxygen atoms in total. The molecule has 4 amide bonds. The molecule has 2 saturated heterocycles. The van der Waals surface area contributed by atoms with Crippen molar-refractivity contribution in [1.29, 1.82) is 0 Å². The molecule has 2 aromatic carbocycles. The predicted octanol–water partition coefficient (Wildman–Crippen LogP) is 3.88. The maximum atomic E-state index is 14.2. The molecule has 2 bridgehead atoms. The summed E-state index contributed by atoms with van der Waals surface area (Å²) in [6.07, 6.45) is 3.87. The number of fused-ring (bicyclic) bond motifs is 2. The van der Waals surface area contributed by atoms with Gasteiger partial charge >= 0.3 is 18.0 Å². The average Bonchev–Trinajstić information content (AvgIpc) is 3.21. The summed E-state index contributed by atoms with van der Waals surface area (Å²) in [7, 11) is 1.15. The lowest BCUT2D eigenvalue weighted by Gasteiger charge is -2.44. The van der Waals surface area contributed by atoms with Crippen LogP contribution in [0.1, 0.15) is 50.2 Å². The summed E-state index contributed by atoms with van der Waals surface area (Å²) in [5.41, 5.74) is -0.162. The van der Waals surface area contributed by atoms with Gasteiger partial charge in [-0.05, 0) is 62.8 Å². The number of hydrogen-bond donors (Lipinski definition) is 3. The first-order valence-corrected chi connectivity index (χ1v) is 13.8. The number of benzene rings is 2. The third-order valence-electron chi connectivity index (χ3n) is 8.35. The highest BCUT2D eigenvalue weighted by Crippen LogP contribution is 2.45. The second-order valence-corrected chi connectivity index (χ2v) is 10.9. The van der Waals surface area contributed by atoms with Crippen molar-refractivity contribution in [2.75, 3.05) is 20.2 Å². The number of carbonyl (C=O) groups is 3. The van der Waals surface area contributed by atoms with Crippen LogP contribution >= 0.6 is 0 Å². The zero-order chi connectivity index (χ0) is 29.3. The number of rotatable bonds is 7.